The molecule has 17 heavy (non-hydrogen) atoms. The summed E-state index contributed by atoms with van der Waals surface area (Å²) in [6.45, 7) is 10.7. The molecule has 0 aromatic heterocycles. The fourth-order valence-corrected chi connectivity index (χ4v) is 2.02. The zero-order chi connectivity index (χ0) is 12.9. The molecule has 0 saturated heterocycles. The first-order chi connectivity index (χ1) is 7.96. The lowest BCUT2D eigenvalue weighted by Crippen LogP contribution is -2.16. The lowest BCUT2D eigenvalue weighted by atomic mass is 9.79. The zero-order valence-electron chi connectivity index (χ0n) is 11.2. The molecule has 1 aromatic rings. The van der Waals surface area contributed by atoms with E-state index in [2.05, 4.69) is 27.4 Å². The first-order valence-corrected chi connectivity index (χ1v) is 6.34. The lowest BCUT2D eigenvalue weighted by Gasteiger charge is -2.27. The van der Waals surface area contributed by atoms with E-state index in [1.165, 1.54) is 24.1 Å². The third-order valence-electron chi connectivity index (χ3n) is 3.52. The van der Waals surface area contributed by atoms with Crippen molar-refractivity contribution in [2.75, 3.05) is 0 Å². The molecule has 1 aromatic carbocycles. The normalized spacial score (nSPS) is 13.4. The van der Waals surface area contributed by atoms with Crippen molar-refractivity contribution in [3.63, 3.8) is 0 Å². The maximum atomic E-state index is 12.8. The zero-order valence-corrected chi connectivity index (χ0v) is 11.2. The number of hydrogen-bond donors (Lipinski definition) is 0. The van der Waals surface area contributed by atoms with Gasteiger partial charge in [0.1, 0.15) is 5.82 Å². The third-order valence-corrected chi connectivity index (χ3v) is 3.52. The minimum atomic E-state index is -0.169. The van der Waals surface area contributed by atoms with E-state index < -0.39 is 0 Å². The summed E-state index contributed by atoms with van der Waals surface area (Å²) in [5, 5.41) is 0. The van der Waals surface area contributed by atoms with Crippen molar-refractivity contribution in [2.45, 2.75) is 40.0 Å². The SMILES string of the molecule is C=CC(Cc1ccc(F)cc1)CC(C)(C)CC. The monoisotopic (exact) mass is 234 g/mol. The Bertz CT molecular complexity index is 348. The maximum Gasteiger partial charge on any atom is 0.123 e. The van der Waals surface area contributed by atoms with Gasteiger partial charge in [-0.05, 0) is 41.9 Å². The fraction of sp³-hybridized carbons (Fsp3) is 0.500. The van der Waals surface area contributed by atoms with E-state index in [1.807, 2.05) is 18.2 Å². The number of hydrogen-bond acceptors (Lipinski definition) is 0. The van der Waals surface area contributed by atoms with Crippen LogP contribution < -0.4 is 0 Å². The molecule has 1 atom stereocenters. The molecule has 1 heteroatoms. The van der Waals surface area contributed by atoms with Gasteiger partial charge in [0.2, 0.25) is 0 Å². The van der Waals surface area contributed by atoms with Crippen LogP contribution in [0.25, 0.3) is 0 Å². The molecule has 0 aliphatic heterocycles. The van der Waals surface area contributed by atoms with E-state index in [0.717, 1.165) is 12.8 Å². The number of rotatable bonds is 6. The van der Waals surface area contributed by atoms with Crippen LogP contribution in [0.3, 0.4) is 0 Å². The van der Waals surface area contributed by atoms with Crippen molar-refractivity contribution < 1.29 is 4.39 Å². The summed E-state index contributed by atoms with van der Waals surface area (Å²) in [4.78, 5) is 0. The summed E-state index contributed by atoms with van der Waals surface area (Å²) in [6, 6.07) is 6.79. The van der Waals surface area contributed by atoms with E-state index in [-0.39, 0.29) is 5.82 Å². The van der Waals surface area contributed by atoms with Crippen molar-refractivity contribution >= 4 is 0 Å². The van der Waals surface area contributed by atoms with Gasteiger partial charge < -0.3 is 0 Å². The molecule has 0 aliphatic rings. The summed E-state index contributed by atoms with van der Waals surface area (Å²) in [6.07, 6.45) is 5.28. The van der Waals surface area contributed by atoms with Crippen molar-refractivity contribution in [3.8, 4) is 0 Å². The molecular weight excluding hydrogens is 211 g/mol. The molecule has 94 valence electrons. The molecule has 0 amide bonds. The van der Waals surface area contributed by atoms with E-state index in [0.29, 0.717) is 11.3 Å². The van der Waals surface area contributed by atoms with Crippen molar-refractivity contribution in [2.24, 2.45) is 11.3 Å². The molecule has 0 heterocycles. The van der Waals surface area contributed by atoms with Crippen molar-refractivity contribution in [1.82, 2.24) is 0 Å². The average Bonchev–Trinajstić information content (AvgIpc) is 2.31. The highest BCUT2D eigenvalue weighted by Crippen LogP contribution is 2.31. The lowest BCUT2D eigenvalue weighted by molar-refractivity contribution is 0.280. The van der Waals surface area contributed by atoms with Crippen LogP contribution in [-0.2, 0) is 6.42 Å². The summed E-state index contributed by atoms with van der Waals surface area (Å²) < 4.78 is 12.8. The predicted octanol–water partition coefficient (Wildman–Crippen LogP) is 5.00. The number of halogens is 1. The molecule has 0 aliphatic carbocycles. The second-order valence-corrected chi connectivity index (χ2v) is 5.55. The van der Waals surface area contributed by atoms with Crippen molar-refractivity contribution in [1.29, 1.82) is 0 Å². The Kier molecular flexibility index (Phi) is 4.92. The van der Waals surface area contributed by atoms with E-state index >= 15 is 0 Å². The summed E-state index contributed by atoms with van der Waals surface area (Å²) >= 11 is 0. The van der Waals surface area contributed by atoms with E-state index in [9.17, 15) is 4.39 Å². The highest BCUT2D eigenvalue weighted by Gasteiger charge is 2.19. The molecule has 0 saturated carbocycles. The van der Waals surface area contributed by atoms with E-state index in [1.54, 1.807) is 0 Å². The second-order valence-electron chi connectivity index (χ2n) is 5.55. The van der Waals surface area contributed by atoms with Gasteiger partial charge in [0.15, 0.2) is 0 Å². The molecule has 0 bridgehead atoms. The molecule has 0 N–H and O–H groups in total. The molecule has 0 nitrogen and oxygen atoms in total. The molecule has 0 fully saturated rings. The first kappa shape index (κ1) is 14.0. The Balaban J connectivity index is 2.64. The van der Waals surface area contributed by atoms with Gasteiger partial charge in [0.25, 0.3) is 0 Å². The van der Waals surface area contributed by atoms with Crippen LogP contribution in [-0.4, -0.2) is 0 Å². The van der Waals surface area contributed by atoms with Gasteiger partial charge in [-0.3, -0.25) is 0 Å². The van der Waals surface area contributed by atoms with Crippen LogP contribution in [0.4, 0.5) is 4.39 Å². The Morgan fingerprint density at radius 1 is 1.29 bits per heavy atom. The van der Waals surface area contributed by atoms with Gasteiger partial charge in [0.05, 0.1) is 0 Å². The second kappa shape index (κ2) is 6.00. The highest BCUT2D eigenvalue weighted by molar-refractivity contribution is 5.17. The summed E-state index contributed by atoms with van der Waals surface area (Å²) in [5.74, 6) is 0.299. The quantitative estimate of drug-likeness (QED) is 0.608. The first-order valence-electron chi connectivity index (χ1n) is 6.34. The summed E-state index contributed by atoms with van der Waals surface area (Å²) in [7, 11) is 0. The van der Waals surface area contributed by atoms with Gasteiger partial charge in [-0.25, -0.2) is 4.39 Å². The van der Waals surface area contributed by atoms with Gasteiger partial charge in [-0.15, -0.1) is 6.58 Å². The number of allylic oxidation sites excluding steroid dienone is 1. The highest BCUT2D eigenvalue weighted by atomic mass is 19.1. The largest absolute Gasteiger partial charge is 0.207 e. The Morgan fingerprint density at radius 3 is 2.35 bits per heavy atom. The van der Waals surface area contributed by atoms with Gasteiger partial charge in [-0.2, -0.15) is 0 Å². The van der Waals surface area contributed by atoms with Crippen LogP contribution >= 0.6 is 0 Å². The Morgan fingerprint density at radius 2 is 1.88 bits per heavy atom. The molecule has 1 rings (SSSR count). The average molecular weight is 234 g/mol. The third kappa shape index (κ3) is 4.72. The van der Waals surface area contributed by atoms with E-state index in [4.69, 9.17) is 0 Å². The maximum absolute atomic E-state index is 12.8. The van der Waals surface area contributed by atoms with Crippen LogP contribution in [0.2, 0.25) is 0 Å². The predicted molar refractivity (Wildman–Crippen MR) is 72.5 cm³/mol. The van der Waals surface area contributed by atoms with Gasteiger partial charge in [-0.1, -0.05) is 45.4 Å². The minimum absolute atomic E-state index is 0.169. The van der Waals surface area contributed by atoms with Crippen LogP contribution in [0, 0.1) is 17.2 Å². The van der Waals surface area contributed by atoms with Crippen LogP contribution in [0.15, 0.2) is 36.9 Å². The molecule has 0 spiro atoms. The van der Waals surface area contributed by atoms with Crippen molar-refractivity contribution in [3.05, 3.63) is 48.3 Å². The topological polar surface area (TPSA) is 0 Å². The van der Waals surface area contributed by atoms with Crippen LogP contribution in [0.5, 0.6) is 0 Å². The standard InChI is InChI=1S/C16H23F/c1-5-13(12-16(3,4)6-2)11-14-7-9-15(17)10-8-14/h5,7-10,13H,1,6,11-12H2,2-4H3. The van der Waals surface area contributed by atoms with Gasteiger partial charge >= 0.3 is 0 Å². The molecule has 0 radical (unpaired) electrons. The number of benzene rings is 1. The molecular formula is C16H23F. The fourth-order valence-electron chi connectivity index (χ4n) is 2.02. The van der Waals surface area contributed by atoms with Crippen LogP contribution in [0.1, 0.15) is 39.2 Å². The smallest absolute Gasteiger partial charge is 0.123 e. The van der Waals surface area contributed by atoms with Gasteiger partial charge in [0, 0.05) is 0 Å². The molecule has 1 unspecified atom stereocenters. The Labute approximate surface area is 105 Å². The minimum Gasteiger partial charge on any atom is -0.207 e. The Hall–Kier alpha value is -1.11. The summed E-state index contributed by atoms with van der Waals surface area (Å²) in [5.41, 5.74) is 1.53.